The maximum absolute atomic E-state index is 9.90. The van der Waals surface area contributed by atoms with E-state index in [0.717, 1.165) is 11.3 Å². The molecule has 2 aromatic heterocycles. The van der Waals surface area contributed by atoms with Gasteiger partial charge in [-0.3, -0.25) is 4.98 Å². The molecule has 1 saturated heterocycles. The summed E-state index contributed by atoms with van der Waals surface area (Å²) in [5, 5.41) is 33.0. The second-order valence-corrected chi connectivity index (χ2v) is 6.67. The van der Waals surface area contributed by atoms with Gasteiger partial charge < -0.3 is 20.1 Å². The van der Waals surface area contributed by atoms with Gasteiger partial charge in [-0.1, -0.05) is 0 Å². The Morgan fingerprint density at radius 1 is 1.14 bits per heavy atom. The van der Waals surface area contributed by atoms with Gasteiger partial charge in [0.05, 0.1) is 18.0 Å². The van der Waals surface area contributed by atoms with Crippen molar-refractivity contribution in [1.29, 1.82) is 0 Å². The Labute approximate surface area is 130 Å². The fraction of sp³-hybridized carbons (Fsp3) is 0.357. The summed E-state index contributed by atoms with van der Waals surface area (Å²) in [4.78, 5) is 4.32. The number of thiophene rings is 1. The lowest BCUT2D eigenvalue weighted by molar-refractivity contribution is -0.0786. The normalized spacial score (nSPS) is 29.3. The molecule has 1 fully saturated rings. The smallest absolute Gasteiger partial charge is 0.173 e. The van der Waals surface area contributed by atoms with Crippen LogP contribution in [0.25, 0.3) is 11.3 Å². The third kappa shape index (κ3) is 3.22. The topological polar surface area (TPSA) is 82.8 Å². The van der Waals surface area contributed by atoms with Crippen LogP contribution in [0.4, 0.5) is 0 Å². The molecular formula is C14H15NO4S2. The largest absolute Gasteiger partial charge is 0.475 e. The standard InChI is InChI=1S/C14H15NO4S2/c16-11-7-21-14(13(18)12(11)17)19-9-1-2-10(15-5-9)8-3-4-20-6-8/h1-6,11-14,16-18H,7H2/t11-,12+,13-,14+/m1/s1. The first-order chi connectivity index (χ1) is 10.1. The summed E-state index contributed by atoms with van der Waals surface area (Å²) in [5.74, 6) is 0.845. The van der Waals surface area contributed by atoms with E-state index in [-0.39, 0.29) is 0 Å². The van der Waals surface area contributed by atoms with Crippen molar-refractivity contribution in [2.75, 3.05) is 5.75 Å². The maximum Gasteiger partial charge on any atom is 0.173 e. The lowest BCUT2D eigenvalue weighted by atomic mass is 10.1. The lowest BCUT2D eigenvalue weighted by Gasteiger charge is -2.34. The molecule has 1 aliphatic heterocycles. The number of aliphatic hydroxyl groups is 3. The van der Waals surface area contributed by atoms with Gasteiger partial charge in [0.1, 0.15) is 18.0 Å². The van der Waals surface area contributed by atoms with Gasteiger partial charge in [0.25, 0.3) is 0 Å². The summed E-state index contributed by atoms with van der Waals surface area (Å²) < 4.78 is 5.64. The Hall–Kier alpha value is -1.12. The van der Waals surface area contributed by atoms with Crippen LogP contribution in [0.5, 0.6) is 5.75 Å². The van der Waals surface area contributed by atoms with Crippen LogP contribution in [0, 0.1) is 0 Å². The van der Waals surface area contributed by atoms with E-state index in [0.29, 0.717) is 11.5 Å². The average Bonchev–Trinajstić information content (AvgIpc) is 3.03. The highest BCUT2D eigenvalue weighted by Crippen LogP contribution is 2.29. The highest BCUT2D eigenvalue weighted by molar-refractivity contribution is 7.99. The Balaban J connectivity index is 1.68. The highest BCUT2D eigenvalue weighted by Gasteiger charge is 2.38. The van der Waals surface area contributed by atoms with E-state index in [1.165, 1.54) is 11.8 Å². The summed E-state index contributed by atoms with van der Waals surface area (Å²) in [7, 11) is 0. The number of aliphatic hydroxyl groups excluding tert-OH is 3. The fourth-order valence-electron chi connectivity index (χ4n) is 2.05. The van der Waals surface area contributed by atoms with Crippen molar-refractivity contribution in [3.63, 3.8) is 0 Å². The SMILES string of the molecule is O[C@@H]1[C@@H](O)[C@@H](Oc2ccc(-c3ccsc3)nc2)SC[C@H]1O. The molecule has 0 bridgehead atoms. The molecule has 3 heterocycles. The van der Waals surface area contributed by atoms with Gasteiger partial charge in [-0.05, 0) is 23.6 Å². The molecule has 5 nitrogen and oxygen atoms in total. The second-order valence-electron chi connectivity index (χ2n) is 4.76. The molecule has 0 aromatic carbocycles. The Bertz CT molecular complexity index is 575. The number of pyridine rings is 1. The zero-order chi connectivity index (χ0) is 14.8. The molecule has 1 aliphatic rings. The van der Waals surface area contributed by atoms with Crippen molar-refractivity contribution >= 4 is 23.1 Å². The van der Waals surface area contributed by atoms with E-state index >= 15 is 0 Å². The van der Waals surface area contributed by atoms with E-state index < -0.39 is 23.7 Å². The molecule has 0 amide bonds. The highest BCUT2D eigenvalue weighted by atomic mass is 32.2. The van der Waals surface area contributed by atoms with Gasteiger partial charge in [0.15, 0.2) is 5.44 Å². The number of aromatic nitrogens is 1. The molecule has 0 saturated carbocycles. The molecular weight excluding hydrogens is 310 g/mol. The van der Waals surface area contributed by atoms with Crippen molar-refractivity contribution in [2.45, 2.75) is 23.7 Å². The van der Waals surface area contributed by atoms with Crippen LogP contribution in [0.1, 0.15) is 0 Å². The van der Waals surface area contributed by atoms with Crippen molar-refractivity contribution in [3.05, 3.63) is 35.2 Å². The van der Waals surface area contributed by atoms with Crippen LogP contribution in [0.2, 0.25) is 0 Å². The molecule has 112 valence electrons. The van der Waals surface area contributed by atoms with Gasteiger partial charge in [0, 0.05) is 16.7 Å². The zero-order valence-corrected chi connectivity index (χ0v) is 12.6. The first-order valence-electron chi connectivity index (χ1n) is 6.46. The minimum Gasteiger partial charge on any atom is -0.475 e. The van der Waals surface area contributed by atoms with E-state index in [1.807, 2.05) is 22.9 Å². The molecule has 7 heteroatoms. The maximum atomic E-state index is 9.90. The molecule has 0 spiro atoms. The van der Waals surface area contributed by atoms with E-state index in [4.69, 9.17) is 4.74 Å². The Morgan fingerprint density at radius 2 is 2.00 bits per heavy atom. The van der Waals surface area contributed by atoms with Gasteiger partial charge in [-0.15, -0.1) is 11.8 Å². The number of ether oxygens (including phenoxy) is 1. The monoisotopic (exact) mass is 325 g/mol. The summed E-state index contributed by atoms with van der Waals surface area (Å²) in [5.41, 5.74) is 1.30. The predicted molar refractivity (Wildman–Crippen MR) is 82.4 cm³/mol. The van der Waals surface area contributed by atoms with Crippen LogP contribution < -0.4 is 4.74 Å². The fourth-order valence-corrected chi connectivity index (χ4v) is 3.82. The van der Waals surface area contributed by atoms with E-state index in [9.17, 15) is 15.3 Å². The molecule has 2 aromatic rings. The van der Waals surface area contributed by atoms with Crippen LogP contribution in [0.3, 0.4) is 0 Å². The first kappa shape index (κ1) is 14.8. The molecule has 21 heavy (non-hydrogen) atoms. The minimum atomic E-state index is -1.19. The zero-order valence-electron chi connectivity index (χ0n) is 11.0. The molecule has 0 unspecified atom stereocenters. The third-order valence-corrected chi connectivity index (χ3v) is 5.18. The van der Waals surface area contributed by atoms with Gasteiger partial charge in [0.2, 0.25) is 0 Å². The quantitative estimate of drug-likeness (QED) is 0.790. The van der Waals surface area contributed by atoms with E-state index in [2.05, 4.69) is 4.98 Å². The van der Waals surface area contributed by atoms with Gasteiger partial charge in [-0.2, -0.15) is 11.3 Å². The first-order valence-corrected chi connectivity index (χ1v) is 8.45. The number of hydrogen-bond acceptors (Lipinski definition) is 7. The third-order valence-electron chi connectivity index (χ3n) is 3.26. The van der Waals surface area contributed by atoms with Crippen molar-refractivity contribution in [2.24, 2.45) is 0 Å². The van der Waals surface area contributed by atoms with Crippen molar-refractivity contribution in [3.8, 4) is 17.0 Å². The van der Waals surface area contributed by atoms with Crippen LogP contribution >= 0.6 is 23.1 Å². The van der Waals surface area contributed by atoms with Crippen molar-refractivity contribution in [1.82, 2.24) is 4.98 Å². The lowest BCUT2D eigenvalue weighted by Crippen LogP contribution is -2.50. The summed E-state index contributed by atoms with van der Waals surface area (Å²) in [6.45, 7) is 0. The average molecular weight is 325 g/mol. The second kappa shape index (κ2) is 6.33. The number of rotatable bonds is 3. The van der Waals surface area contributed by atoms with Crippen LogP contribution in [-0.4, -0.2) is 49.8 Å². The van der Waals surface area contributed by atoms with Gasteiger partial charge in [-0.25, -0.2) is 0 Å². The number of hydrogen-bond donors (Lipinski definition) is 3. The number of nitrogens with zero attached hydrogens (tertiary/aromatic N) is 1. The van der Waals surface area contributed by atoms with Crippen LogP contribution in [0.15, 0.2) is 35.2 Å². The van der Waals surface area contributed by atoms with Crippen molar-refractivity contribution < 1.29 is 20.1 Å². The van der Waals surface area contributed by atoms with Gasteiger partial charge >= 0.3 is 0 Å². The van der Waals surface area contributed by atoms with Crippen LogP contribution in [-0.2, 0) is 0 Å². The predicted octanol–water partition coefficient (Wildman–Crippen LogP) is 1.34. The Kier molecular flexibility index (Phi) is 4.46. The molecule has 0 aliphatic carbocycles. The number of thioether (sulfide) groups is 1. The van der Waals surface area contributed by atoms with E-state index in [1.54, 1.807) is 23.6 Å². The molecule has 4 atom stereocenters. The summed E-state index contributed by atoms with van der Waals surface area (Å²) in [6, 6.07) is 5.62. The molecule has 3 N–H and O–H groups in total. The summed E-state index contributed by atoms with van der Waals surface area (Å²) in [6.07, 6.45) is -1.65. The Morgan fingerprint density at radius 3 is 2.67 bits per heavy atom. The molecule has 0 radical (unpaired) electrons. The summed E-state index contributed by atoms with van der Waals surface area (Å²) >= 11 is 2.88. The molecule has 3 rings (SSSR count). The minimum absolute atomic E-state index is 0.323.